The van der Waals surface area contributed by atoms with E-state index in [-0.39, 0.29) is 11.8 Å². The number of fused-ring (bicyclic) bond motifs is 1. The zero-order chi connectivity index (χ0) is 29.6. The van der Waals surface area contributed by atoms with E-state index >= 15 is 0 Å². The number of rotatable bonds is 9. The molecule has 5 rings (SSSR count). The summed E-state index contributed by atoms with van der Waals surface area (Å²) in [7, 11) is 5.84. The lowest BCUT2D eigenvalue weighted by molar-refractivity contribution is -0.111. The molecule has 0 spiro atoms. The fourth-order valence-electron chi connectivity index (χ4n) is 4.41. The van der Waals surface area contributed by atoms with E-state index in [1.807, 2.05) is 73.2 Å². The van der Waals surface area contributed by atoms with Gasteiger partial charge in [-0.3, -0.25) is 9.59 Å². The highest BCUT2D eigenvalue weighted by molar-refractivity contribution is 6.33. The van der Waals surface area contributed by atoms with Gasteiger partial charge in [0.2, 0.25) is 11.9 Å². The van der Waals surface area contributed by atoms with Gasteiger partial charge in [-0.1, -0.05) is 41.9 Å². The third-order valence-corrected chi connectivity index (χ3v) is 6.70. The normalized spacial score (nSPS) is 11.3. The third-order valence-electron chi connectivity index (χ3n) is 6.43. The van der Waals surface area contributed by atoms with Gasteiger partial charge in [0.15, 0.2) is 0 Å². The van der Waals surface area contributed by atoms with Crippen LogP contribution in [0, 0.1) is 0 Å². The van der Waals surface area contributed by atoms with Gasteiger partial charge in [0.1, 0.15) is 0 Å². The number of nitrogens with zero attached hydrogens (tertiary/aromatic N) is 4. The van der Waals surface area contributed by atoms with Crippen LogP contribution in [0.3, 0.4) is 0 Å². The lowest BCUT2D eigenvalue weighted by atomic mass is 10.1. The molecule has 0 aliphatic heterocycles. The minimum atomic E-state index is -0.281. The van der Waals surface area contributed by atoms with Crippen molar-refractivity contribution in [1.82, 2.24) is 19.4 Å². The molecule has 0 unspecified atom stereocenters. The second-order valence-corrected chi connectivity index (χ2v) is 10.4. The van der Waals surface area contributed by atoms with Crippen LogP contribution in [0.2, 0.25) is 5.02 Å². The topological polar surface area (TPSA) is 104 Å². The van der Waals surface area contributed by atoms with Crippen LogP contribution >= 0.6 is 11.6 Å². The number of likely N-dealkylation sites (N-methyl/N-ethyl adjacent to an activating group) is 1. The maximum Gasteiger partial charge on any atom is 0.255 e. The highest BCUT2D eigenvalue weighted by atomic mass is 35.5. The molecule has 0 saturated carbocycles. The van der Waals surface area contributed by atoms with E-state index in [9.17, 15) is 9.59 Å². The van der Waals surface area contributed by atoms with Gasteiger partial charge in [-0.2, -0.15) is 0 Å². The van der Waals surface area contributed by atoms with Crippen molar-refractivity contribution in [3.63, 3.8) is 0 Å². The molecule has 212 valence electrons. The number of anilines is 4. The number of carbonyl (C=O) groups excluding carboxylic acids is 2. The zero-order valence-electron chi connectivity index (χ0n) is 23.4. The molecule has 0 aliphatic rings. The molecule has 0 atom stereocenters. The van der Waals surface area contributed by atoms with Gasteiger partial charge in [-0.05, 0) is 62.6 Å². The fourth-order valence-corrected chi connectivity index (χ4v) is 4.61. The standard InChI is InChI=1S/C32H30ClN7O2/c1-39(2)17-7-12-29(41)35-22-15-13-21(14-16-22)31(42)36-23-8-6-9-24(18-23)37-32-34-19-27(33)30(38-32)26-20-40(3)28-11-5-4-10-25(26)28/h4-16,18-20H,17H2,1-3H3,(H,35,41)(H,36,42)(H,34,37,38). The molecule has 0 radical (unpaired) electrons. The fraction of sp³-hybridized carbons (Fsp3) is 0.125. The molecule has 0 saturated heterocycles. The lowest BCUT2D eigenvalue weighted by Crippen LogP contribution is -2.13. The number of aryl methyl sites for hydroxylation is 1. The largest absolute Gasteiger partial charge is 0.350 e. The molecule has 0 fully saturated rings. The summed E-state index contributed by atoms with van der Waals surface area (Å²) in [5, 5.41) is 10.4. The summed E-state index contributed by atoms with van der Waals surface area (Å²) in [6, 6.07) is 22.0. The average molecular weight is 580 g/mol. The Hall–Kier alpha value is -4.99. The van der Waals surface area contributed by atoms with Crippen molar-refractivity contribution in [2.75, 3.05) is 36.6 Å². The van der Waals surface area contributed by atoms with Gasteiger partial charge < -0.3 is 25.4 Å². The van der Waals surface area contributed by atoms with Gasteiger partial charge in [0, 0.05) is 65.0 Å². The molecule has 9 nitrogen and oxygen atoms in total. The predicted molar refractivity (Wildman–Crippen MR) is 169 cm³/mol. The van der Waals surface area contributed by atoms with Crippen LogP contribution in [0.4, 0.5) is 23.0 Å². The first kappa shape index (κ1) is 28.5. The van der Waals surface area contributed by atoms with Crippen molar-refractivity contribution < 1.29 is 9.59 Å². The zero-order valence-corrected chi connectivity index (χ0v) is 24.2. The second-order valence-electron chi connectivity index (χ2n) is 9.95. The smallest absolute Gasteiger partial charge is 0.255 e. The van der Waals surface area contributed by atoms with Crippen LogP contribution < -0.4 is 16.0 Å². The summed E-state index contributed by atoms with van der Waals surface area (Å²) in [5.74, 6) is -0.135. The molecule has 5 aromatic rings. The first-order valence-corrected chi connectivity index (χ1v) is 13.6. The van der Waals surface area contributed by atoms with E-state index in [1.54, 1.807) is 48.7 Å². The number of nitrogens with one attached hydrogen (secondary N) is 3. The number of hydrogen-bond donors (Lipinski definition) is 3. The highest BCUT2D eigenvalue weighted by Crippen LogP contribution is 2.34. The number of aromatic nitrogens is 3. The molecule has 2 amide bonds. The Balaban J connectivity index is 1.26. The molecule has 0 aliphatic carbocycles. The van der Waals surface area contributed by atoms with E-state index < -0.39 is 0 Å². The Kier molecular flexibility index (Phi) is 8.61. The van der Waals surface area contributed by atoms with Crippen molar-refractivity contribution in [2.45, 2.75) is 0 Å². The average Bonchev–Trinajstić information content (AvgIpc) is 3.30. The SMILES string of the molecule is CN(C)CC=CC(=O)Nc1ccc(C(=O)Nc2cccc(Nc3ncc(Cl)c(-c4cn(C)c5ccccc45)n3)c2)cc1. The number of benzene rings is 3. The lowest BCUT2D eigenvalue weighted by Gasteiger charge is -2.10. The predicted octanol–water partition coefficient (Wildman–Crippen LogP) is 6.34. The number of carbonyl (C=O) groups is 2. The van der Waals surface area contributed by atoms with E-state index in [0.29, 0.717) is 45.8 Å². The van der Waals surface area contributed by atoms with Crippen molar-refractivity contribution in [3.05, 3.63) is 108 Å². The quantitative estimate of drug-likeness (QED) is 0.176. The van der Waals surface area contributed by atoms with E-state index in [2.05, 4.69) is 20.9 Å². The van der Waals surface area contributed by atoms with Crippen LogP contribution in [0.1, 0.15) is 10.4 Å². The molecule has 2 heterocycles. The molecule has 0 bridgehead atoms. The highest BCUT2D eigenvalue weighted by Gasteiger charge is 2.15. The number of para-hydroxylation sites is 1. The van der Waals surface area contributed by atoms with E-state index in [0.717, 1.165) is 16.5 Å². The molecule has 42 heavy (non-hydrogen) atoms. The van der Waals surface area contributed by atoms with Gasteiger partial charge in [0.25, 0.3) is 5.91 Å². The van der Waals surface area contributed by atoms with Crippen molar-refractivity contribution >= 4 is 57.3 Å². The van der Waals surface area contributed by atoms with Crippen LogP contribution in [-0.2, 0) is 11.8 Å². The maximum atomic E-state index is 12.9. The molecule has 3 aromatic carbocycles. The summed E-state index contributed by atoms with van der Waals surface area (Å²) in [6.45, 7) is 0.669. The molecular formula is C32H30ClN7O2. The summed E-state index contributed by atoms with van der Waals surface area (Å²) in [6.07, 6.45) is 6.85. The second kappa shape index (κ2) is 12.7. The third kappa shape index (κ3) is 6.83. The van der Waals surface area contributed by atoms with Gasteiger partial charge in [-0.25, -0.2) is 9.97 Å². The maximum absolute atomic E-state index is 12.9. The monoisotopic (exact) mass is 579 g/mol. The van der Waals surface area contributed by atoms with Crippen molar-refractivity contribution in [3.8, 4) is 11.3 Å². The Bertz CT molecular complexity index is 1780. The molecule has 2 aromatic heterocycles. The van der Waals surface area contributed by atoms with Crippen LogP contribution in [0.5, 0.6) is 0 Å². The van der Waals surface area contributed by atoms with E-state index in [4.69, 9.17) is 16.6 Å². The van der Waals surface area contributed by atoms with Crippen molar-refractivity contribution in [2.24, 2.45) is 7.05 Å². The van der Waals surface area contributed by atoms with Crippen LogP contribution in [0.25, 0.3) is 22.2 Å². The summed E-state index contributed by atoms with van der Waals surface area (Å²) in [5.41, 5.74) is 4.96. The van der Waals surface area contributed by atoms with Crippen molar-refractivity contribution in [1.29, 1.82) is 0 Å². The van der Waals surface area contributed by atoms with Gasteiger partial charge in [0.05, 0.1) is 16.9 Å². The Morgan fingerprint density at radius 1 is 0.952 bits per heavy atom. The molecule has 3 N–H and O–H groups in total. The van der Waals surface area contributed by atoms with Gasteiger partial charge >= 0.3 is 0 Å². The number of hydrogen-bond acceptors (Lipinski definition) is 6. The Labute approximate surface area is 248 Å². The van der Waals surface area contributed by atoms with Gasteiger partial charge in [-0.15, -0.1) is 0 Å². The minimum Gasteiger partial charge on any atom is -0.350 e. The molecular weight excluding hydrogens is 550 g/mol. The minimum absolute atomic E-state index is 0.229. The molecule has 10 heteroatoms. The van der Waals surface area contributed by atoms with E-state index in [1.165, 1.54) is 6.08 Å². The summed E-state index contributed by atoms with van der Waals surface area (Å²) < 4.78 is 2.04. The van der Waals surface area contributed by atoms with Crippen LogP contribution in [-0.4, -0.2) is 51.9 Å². The number of halogens is 1. The summed E-state index contributed by atoms with van der Waals surface area (Å²) in [4.78, 5) is 36.0. The Morgan fingerprint density at radius 2 is 1.71 bits per heavy atom. The number of amides is 2. The first-order valence-electron chi connectivity index (χ1n) is 13.2. The van der Waals surface area contributed by atoms with Crippen LogP contribution in [0.15, 0.2) is 97.3 Å². The Morgan fingerprint density at radius 3 is 2.50 bits per heavy atom. The first-order chi connectivity index (χ1) is 20.3. The summed E-state index contributed by atoms with van der Waals surface area (Å²) >= 11 is 6.51.